The van der Waals surface area contributed by atoms with Crippen molar-refractivity contribution in [1.29, 1.82) is 0 Å². The summed E-state index contributed by atoms with van der Waals surface area (Å²) < 4.78 is 0. The Kier molecular flexibility index (Phi) is 9.93. The van der Waals surface area contributed by atoms with Crippen LogP contribution in [-0.4, -0.2) is 80.1 Å². The maximum absolute atomic E-state index is 11.9. The number of nitrogens with two attached hydrogens (primary N) is 3. The second kappa shape index (κ2) is 10.8. The molecule has 0 saturated carbocycles. The van der Waals surface area contributed by atoms with Gasteiger partial charge in [0.1, 0.15) is 12.1 Å². The number of Topliss-reactive ketones (excluding diaryl/α,β-unsaturated/α-hetero) is 1. The van der Waals surface area contributed by atoms with E-state index in [0.717, 1.165) is 11.8 Å². The highest BCUT2D eigenvalue weighted by atomic mass is 32.2. The molecule has 0 aromatic heterocycles. The zero-order valence-electron chi connectivity index (χ0n) is 14.6. The van der Waals surface area contributed by atoms with Crippen molar-refractivity contribution in [2.75, 3.05) is 11.5 Å². The predicted molar refractivity (Wildman–Crippen MR) is 94.9 cm³/mol. The van der Waals surface area contributed by atoms with Crippen molar-refractivity contribution in [3.8, 4) is 0 Å². The van der Waals surface area contributed by atoms with Crippen molar-refractivity contribution in [1.82, 2.24) is 5.32 Å². The van der Waals surface area contributed by atoms with Crippen LogP contribution in [0.15, 0.2) is 0 Å². The molecule has 12 nitrogen and oxygen atoms in total. The van der Waals surface area contributed by atoms with E-state index < -0.39 is 66.1 Å². The third kappa shape index (κ3) is 7.90. The Balaban J connectivity index is 4.78. The van der Waals surface area contributed by atoms with Gasteiger partial charge in [-0.3, -0.25) is 14.4 Å². The van der Waals surface area contributed by atoms with Crippen LogP contribution < -0.4 is 22.5 Å². The summed E-state index contributed by atoms with van der Waals surface area (Å²) in [7, 11) is 0. The van der Waals surface area contributed by atoms with Crippen molar-refractivity contribution in [2.45, 2.75) is 43.4 Å². The lowest BCUT2D eigenvalue weighted by molar-refractivity contribution is -0.149. The Labute approximate surface area is 158 Å². The topological polar surface area (TPSA) is 236 Å². The molecule has 0 aliphatic heterocycles. The van der Waals surface area contributed by atoms with Gasteiger partial charge in [-0.05, 0) is 13.3 Å². The van der Waals surface area contributed by atoms with Gasteiger partial charge < -0.3 is 37.8 Å². The monoisotopic (exact) mass is 408 g/mol. The van der Waals surface area contributed by atoms with E-state index in [1.54, 1.807) is 0 Å². The van der Waals surface area contributed by atoms with Crippen LogP contribution in [0.3, 0.4) is 0 Å². The number of rotatable bonds is 13. The van der Waals surface area contributed by atoms with Gasteiger partial charge in [0.15, 0.2) is 11.3 Å². The smallest absolute Gasteiger partial charge is 0.331 e. The van der Waals surface area contributed by atoms with Gasteiger partial charge in [0.25, 0.3) is 0 Å². The van der Waals surface area contributed by atoms with Crippen molar-refractivity contribution >= 4 is 41.4 Å². The van der Waals surface area contributed by atoms with Gasteiger partial charge in [0.2, 0.25) is 5.91 Å². The van der Waals surface area contributed by atoms with Crippen LogP contribution in [0.4, 0.5) is 0 Å². The zero-order chi connectivity index (χ0) is 21.4. The zero-order valence-corrected chi connectivity index (χ0v) is 15.4. The van der Waals surface area contributed by atoms with Crippen LogP contribution in [-0.2, 0) is 24.0 Å². The Hall–Kier alpha value is -2.22. The molecule has 0 aliphatic carbocycles. The van der Waals surface area contributed by atoms with Gasteiger partial charge in [0, 0.05) is 17.9 Å². The molecule has 0 fully saturated rings. The highest BCUT2D eigenvalue weighted by Gasteiger charge is 2.43. The number of nitrogens with one attached hydrogen (secondary N) is 1. The largest absolute Gasteiger partial charge is 0.480 e. The molecular formula is C14H24N4O8S. The number of carboxylic acids is 3. The summed E-state index contributed by atoms with van der Waals surface area (Å²) in [6.07, 6.45) is -1.09. The number of hydrogen-bond donors (Lipinski definition) is 7. The molecule has 10 N–H and O–H groups in total. The molecule has 154 valence electrons. The molecule has 0 aliphatic rings. The normalized spacial score (nSPS) is 16.4. The van der Waals surface area contributed by atoms with E-state index in [1.165, 1.54) is 6.92 Å². The van der Waals surface area contributed by atoms with Gasteiger partial charge in [-0.1, -0.05) is 0 Å². The van der Waals surface area contributed by atoms with Crippen LogP contribution in [0.2, 0.25) is 0 Å². The molecule has 0 rings (SSSR count). The number of carbonyl (C=O) groups excluding carboxylic acids is 2. The van der Waals surface area contributed by atoms with E-state index in [9.17, 15) is 24.0 Å². The summed E-state index contributed by atoms with van der Waals surface area (Å²) >= 11 is 0.915. The highest BCUT2D eigenvalue weighted by molar-refractivity contribution is 7.99. The minimum Gasteiger partial charge on any atom is -0.480 e. The third-order valence-corrected chi connectivity index (χ3v) is 4.68. The van der Waals surface area contributed by atoms with Gasteiger partial charge >= 0.3 is 17.9 Å². The van der Waals surface area contributed by atoms with E-state index in [1.807, 2.05) is 0 Å². The average molecular weight is 408 g/mol. The lowest BCUT2D eigenvalue weighted by atomic mass is 9.86. The molecule has 0 bridgehead atoms. The van der Waals surface area contributed by atoms with Crippen LogP contribution in [0.5, 0.6) is 0 Å². The second-order valence-electron chi connectivity index (χ2n) is 5.87. The van der Waals surface area contributed by atoms with E-state index in [-0.39, 0.29) is 11.5 Å². The number of thioether (sulfide) groups is 1. The second-order valence-corrected chi connectivity index (χ2v) is 6.94. The van der Waals surface area contributed by atoms with E-state index >= 15 is 0 Å². The van der Waals surface area contributed by atoms with E-state index in [0.29, 0.717) is 0 Å². The maximum atomic E-state index is 11.9. The molecule has 0 saturated heterocycles. The first-order valence-electron chi connectivity index (χ1n) is 7.73. The summed E-state index contributed by atoms with van der Waals surface area (Å²) in [6.45, 7) is 1.26. The summed E-state index contributed by atoms with van der Waals surface area (Å²) in [5, 5.41) is 29.1. The Morgan fingerprint density at radius 1 is 1.04 bits per heavy atom. The summed E-state index contributed by atoms with van der Waals surface area (Å²) in [6, 6.07) is -3.70. The van der Waals surface area contributed by atoms with Gasteiger partial charge in [-0.25, -0.2) is 9.59 Å². The third-order valence-electron chi connectivity index (χ3n) is 3.51. The van der Waals surface area contributed by atoms with Crippen molar-refractivity contribution in [3.63, 3.8) is 0 Å². The first-order chi connectivity index (χ1) is 12.3. The lowest BCUT2D eigenvalue weighted by Gasteiger charge is -2.25. The SMILES string of the molecule is C[C@H](N)C(=O)[C@@](N)(CCC(=O)N[C@H](CSC[C@H](N)C(=O)O)C(=O)O)C(=O)O. The molecule has 0 aromatic carbocycles. The summed E-state index contributed by atoms with van der Waals surface area (Å²) in [4.78, 5) is 56.9. The predicted octanol–water partition coefficient (Wildman–Crippen LogP) is -2.82. The number of aliphatic carboxylic acids is 3. The molecule has 0 heterocycles. The molecule has 0 aromatic rings. The van der Waals surface area contributed by atoms with Crippen LogP contribution in [0.25, 0.3) is 0 Å². The average Bonchev–Trinajstić information content (AvgIpc) is 2.57. The number of hydrogen-bond acceptors (Lipinski definition) is 9. The fourth-order valence-electron chi connectivity index (χ4n) is 1.88. The Morgan fingerprint density at radius 2 is 1.59 bits per heavy atom. The standard InChI is InChI=1S/C14H24N4O8S/c1-6(15)10(20)14(17,13(25)26)3-2-9(19)18-8(12(23)24)5-27-4-7(16)11(21)22/h6-8H,2-5,15-17H2,1H3,(H,18,19)(H,21,22)(H,23,24)(H,25,26)/t6-,7-,8+,14-/m0/s1. The van der Waals surface area contributed by atoms with Crippen LogP contribution >= 0.6 is 11.8 Å². The molecule has 0 radical (unpaired) electrons. The molecule has 0 unspecified atom stereocenters. The summed E-state index contributed by atoms with van der Waals surface area (Å²) in [5.41, 5.74) is 13.9. The molecule has 0 spiro atoms. The maximum Gasteiger partial charge on any atom is 0.331 e. The quantitative estimate of drug-likeness (QED) is 0.153. The molecule has 27 heavy (non-hydrogen) atoms. The molecular weight excluding hydrogens is 384 g/mol. The fourth-order valence-corrected chi connectivity index (χ4v) is 2.87. The number of carboxylic acid groups (broad SMARTS) is 3. The lowest BCUT2D eigenvalue weighted by Crippen LogP contribution is -2.60. The van der Waals surface area contributed by atoms with Gasteiger partial charge in [-0.15, -0.1) is 0 Å². The number of carbonyl (C=O) groups is 5. The Morgan fingerprint density at radius 3 is 2.00 bits per heavy atom. The van der Waals surface area contributed by atoms with E-state index in [4.69, 9.17) is 32.5 Å². The molecule has 4 atom stereocenters. The van der Waals surface area contributed by atoms with Crippen molar-refractivity contribution in [2.24, 2.45) is 17.2 Å². The van der Waals surface area contributed by atoms with Crippen LogP contribution in [0.1, 0.15) is 19.8 Å². The van der Waals surface area contributed by atoms with Crippen molar-refractivity contribution < 1.29 is 39.3 Å². The first-order valence-corrected chi connectivity index (χ1v) is 8.88. The number of ketones is 1. The van der Waals surface area contributed by atoms with Crippen LogP contribution in [0, 0.1) is 0 Å². The summed E-state index contributed by atoms with van der Waals surface area (Å²) in [5.74, 6) is -6.29. The molecule has 13 heteroatoms. The van der Waals surface area contributed by atoms with Gasteiger partial charge in [-0.2, -0.15) is 11.8 Å². The highest BCUT2D eigenvalue weighted by Crippen LogP contribution is 2.14. The minimum absolute atomic E-state index is 0.0667. The Bertz CT molecular complexity index is 600. The van der Waals surface area contributed by atoms with Gasteiger partial charge in [0.05, 0.1) is 6.04 Å². The first kappa shape index (κ1) is 24.8. The van der Waals surface area contributed by atoms with E-state index in [2.05, 4.69) is 5.32 Å². The minimum atomic E-state index is -2.37. The fraction of sp³-hybridized carbons (Fsp3) is 0.643. The molecule has 1 amide bonds. The van der Waals surface area contributed by atoms with Crippen molar-refractivity contribution in [3.05, 3.63) is 0 Å². The number of amides is 1.